The average Bonchev–Trinajstić information content (AvgIpc) is 2.02. The Morgan fingerprint density at radius 3 is 2.54 bits per heavy atom. The molecule has 0 atom stereocenters. The van der Waals surface area contributed by atoms with Gasteiger partial charge in [0.25, 0.3) is 10.2 Å². The molecular weight excluding hydrogens is 190 g/mol. The van der Waals surface area contributed by atoms with Gasteiger partial charge in [-0.25, -0.2) is 5.14 Å². The number of hydrogen-bond donors (Lipinski definition) is 2. The van der Waals surface area contributed by atoms with Crippen LogP contribution in [-0.4, -0.2) is 8.42 Å². The molecule has 5 nitrogen and oxygen atoms in total. The molecule has 1 rings (SSSR count). The summed E-state index contributed by atoms with van der Waals surface area (Å²) >= 11 is 0. The van der Waals surface area contributed by atoms with Crippen LogP contribution in [0.25, 0.3) is 0 Å². The summed E-state index contributed by atoms with van der Waals surface area (Å²) in [6, 6.07) is 8.03. The summed E-state index contributed by atoms with van der Waals surface area (Å²) in [7, 11) is -3.81. The lowest BCUT2D eigenvalue weighted by molar-refractivity contribution is 0.603. The molecule has 0 saturated heterocycles. The number of anilines is 1. The SMILES string of the molecule is N#Cc1ccccc1NS(N)(=O)=O. The van der Waals surface area contributed by atoms with Gasteiger partial charge in [0.1, 0.15) is 6.07 Å². The van der Waals surface area contributed by atoms with E-state index in [1.54, 1.807) is 12.1 Å². The minimum Gasteiger partial charge on any atom is -0.270 e. The first-order valence-corrected chi connectivity index (χ1v) is 4.87. The fraction of sp³-hybridized carbons (Fsp3) is 0. The summed E-state index contributed by atoms with van der Waals surface area (Å²) in [6.07, 6.45) is 0. The van der Waals surface area contributed by atoms with Crippen LogP contribution in [0.3, 0.4) is 0 Å². The molecule has 0 radical (unpaired) electrons. The van der Waals surface area contributed by atoms with E-state index >= 15 is 0 Å². The van der Waals surface area contributed by atoms with Crippen molar-refractivity contribution in [3.8, 4) is 6.07 Å². The Bertz CT molecular complexity index is 447. The predicted molar refractivity (Wildman–Crippen MR) is 47.9 cm³/mol. The Balaban J connectivity index is 3.10. The minimum atomic E-state index is -3.81. The van der Waals surface area contributed by atoms with Gasteiger partial charge in [-0.2, -0.15) is 13.7 Å². The second-order valence-corrected chi connectivity index (χ2v) is 3.60. The second-order valence-electron chi connectivity index (χ2n) is 2.30. The van der Waals surface area contributed by atoms with Crippen molar-refractivity contribution in [2.45, 2.75) is 0 Å². The molecule has 13 heavy (non-hydrogen) atoms. The Labute approximate surface area is 76.0 Å². The predicted octanol–water partition coefficient (Wildman–Crippen LogP) is 0.174. The van der Waals surface area contributed by atoms with Crippen molar-refractivity contribution in [2.75, 3.05) is 4.72 Å². The highest BCUT2D eigenvalue weighted by molar-refractivity contribution is 7.90. The number of benzene rings is 1. The third-order valence-electron chi connectivity index (χ3n) is 1.30. The number of nitrogens with zero attached hydrogens (tertiary/aromatic N) is 1. The number of rotatable bonds is 2. The highest BCUT2D eigenvalue weighted by Gasteiger charge is 2.05. The van der Waals surface area contributed by atoms with Gasteiger partial charge in [-0.1, -0.05) is 12.1 Å². The van der Waals surface area contributed by atoms with Gasteiger partial charge in [-0.15, -0.1) is 0 Å². The summed E-state index contributed by atoms with van der Waals surface area (Å²) in [6.45, 7) is 0. The zero-order valence-corrected chi connectivity index (χ0v) is 7.38. The van der Waals surface area contributed by atoms with Gasteiger partial charge in [0.05, 0.1) is 11.3 Å². The molecule has 6 heteroatoms. The fourth-order valence-electron chi connectivity index (χ4n) is 0.823. The zero-order valence-electron chi connectivity index (χ0n) is 6.56. The molecule has 0 spiro atoms. The van der Waals surface area contributed by atoms with Crippen molar-refractivity contribution in [1.82, 2.24) is 0 Å². The highest BCUT2D eigenvalue weighted by Crippen LogP contribution is 2.13. The molecule has 3 N–H and O–H groups in total. The molecule has 0 aliphatic carbocycles. The van der Waals surface area contributed by atoms with Crippen molar-refractivity contribution in [3.63, 3.8) is 0 Å². The van der Waals surface area contributed by atoms with E-state index in [1.807, 2.05) is 10.8 Å². The lowest BCUT2D eigenvalue weighted by Crippen LogP contribution is -2.22. The first-order valence-electron chi connectivity index (χ1n) is 3.32. The molecule has 0 aliphatic rings. The smallest absolute Gasteiger partial charge is 0.270 e. The molecule has 0 saturated carbocycles. The van der Waals surface area contributed by atoms with Crippen molar-refractivity contribution in [2.24, 2.45) is 5.14 Å². The van der Waals surface area contributed by atoms with Crippen LogP contribution in [0.15, 0.2) is 24.3 Å². The van der Waals surface area contributed by atoms with Gasteiger partial charge in [-0.05, 0) is 12.1 Å². The summed E-state index contributed by atoms with van der Waals surface area (Å²) in [5.41, 5.74) is 0.420. The number of hydrogen-bond acceptors (Lipinski definition) is 3. The van der Waals surface area contributed by atoms with Gasteiger partial charge in [-0.3, -0.25) is 4.72 Å². The largest absolute Gasteiger partial charge is 0.296 e. The quantitative estimate of drug-likeness (QED) is 0.707. The van der Waals surface area contributed by atoms with Crippen molar-refractivity contribution < 1.29 is 8.42 Å². The molecular formula is C7H7N3O2S. The van der Waals surface area contributed by atoms with E-state index in [0.29, 0.717) is 0 Å². The Morgan fingerprint density at radius 1 is 1.38 bits per heavy atom. The monoisotopic (exact) mass is 197 g/mol. The van der Waals surface area contributed by atoms with Crippen LogP contribution in [0.5, 0.6) is 0 Å². The Kier molecular flexibility index (Phi) is 2.51. The molecule has 0 bridgehead atoms. The van der Waals surface area contributed by atoms with Gasteiger partial charge < -0.3 is 0 Å². The lowest BCUT2D eigenvalue weighted by Gasteiger charge is -2.03. The minimum absolute atomic E-state index is 0.188. The highest BCUT2D eigenvalue weighted by atomic mass is 32.2. The van der Waals surface area contributed by atoms with Gasteiger partial charge in [0.2, 0.25) is 0 Å². The van der Waals surface area contributed by atoms with Crippen LogP contribution in [0.2, 0.25) is 0 Å². The number of nitriles is 1. The maximum atomic E-state index is 10.6. The number of para-hydroxylation sites is 1. The first-order chi connectivity index (χ1) is 6.03. The van der Waals surface area contributed by atoms with Crippen molar-refractivity contribution in [1.29, 1.82) is 5.26 Å². The molecule has 0 aromatic heterocycles. The van der Waals surface area contributed by atoms with Crippen LogP contribution in [-0.2, 0) is 10.2 Å². The van der Waals surface area contributed by atoms with Crippen LogP contribution in [0.4, 0.5) is 5.69 Å². The average molecular weight is 197 g/mol. The van der Waals surface area contributed by atoms with Gasteiger partial charge in [0.15, 0.2) is 0 Å². The molecule has 0 amide bonds. The third-order valence-corrected chi connectivity index (χ3v) is 1.80. The number of nitrogens with two attached hydrogens (primary N) is 1. The molecule has 0 fully saturated rings. The van der Waals surface area contributed by atoms with Crippen LogP contribution < -0.4 is 9.86 Å². The van der Waals surface area contributed by atoms with E-state index in [9.17, 15) is 8.42 Å². The summed E-state index contributed by atoms with van der Waals surface area (Å²) in [5, 5.41) is 13.3. The maximum absolute atomic E-state index is 10.6. The summed E-state index contributed by atoms with van der Waals surface area (Å²) in [4.78, 5) is 0. The Morgan fingerprint density at radius 2 is 2.00 bits per heavy atom. The molecule has 0 aliphatic heterocycles. The van der Waals surface area contributed by atoms with Crippen molar-refractivity contribution >= 4 is 15.9 Å². The van der Waals surface area contributed by atoms with E-state index in [2.05, 4.69) is 0 Å². The third kappa shape index (κ3) is 2.74. The van der Waals surface area contributed by atoms with Crippen molar-refractivity contribution in [3.05, 3.63) is 29.8 Å². The molecule has 0 heterocycles. The van der Waals surface area contributed by atoms with Crippen LogP contribution >= 0.6 is 0 Å². The number of nitrogens with one attached hydrogen (secondary N) is 1. The molecule has 1 aromatic carbocycles. The molecule has 68 valence electrons. The topological polar surface area (TPSA) is 96.0 Å². The zero-order chi connectivity index (χ0) is 9.90. The van der Waals surface area contributed by atoms with Gasteiger partial charge >= 0.3 is 0 Å². The van der Waals surface area contributed by atoms with Gasteiger partial charge in [0, 0.05) is 0 Å². The van der Waals surface area contributed by atoms with Crippen LogP contribution in [0, 0.1) is 11.3 Å². The lowest BCUT2D eigenvalue weighted by atomic mass is 10.2. The maximum Gasteiger partial charge on any atom is 0.296 e. The van der Waals surface area contributed by atoms with Crippen LogP contribution in [0.1, 0.15) is 5.56 Å². The van der Waals surface area contributed by atoms with E-state index in [-0.39, 0.29) is 11.3 Å². The summed E-state index contributed by atoms with van der Waals surface area (Å²) < 4.78 is 23.3. The van der Waals surface area contributed by atoms with E-state index in [4.69, 9.17) is 10.4 Å². The fourth-order valence-corrected chi connectivity index (χ4v) is 1.31. The Hall–Kier alpha value is -1.58. The van der Waals surface area contributed by atoms with E-state index < -0.39 is 10.2 Å². The second kappa shape index (κ2) is 3.43. The normalized spacial score (nSPS) is 10.5. The van der Waals surface area contributed by atoms with E-state index in [1.165, 1.54) is 12.1 Å². The molecule has 1 aromatic rings. The standard InChI is InChI=1S/C7H7N3O2S/c8-5-6-3-1-2-4-7(6)10-13(9,11)12/h1-4,10H,(H2,9,11,12). The molecule has 0 unspecified atom stereocenters. The first kappa shape index (κ1) is 9.51. The van der Waals surface area contributed by atoms with E-state index in [0.717, 1.165) is 0 Å². The summed E-state index contributed by atoms with van der Waals surface area (Å²) in [5.74, 6) is 0.